The molecule has 0 saturated carbocycles. The fourth-order valence-corrected chi connectivity index (χ4v) is 5.63. The fourth-order valence-electron chi connectivity index (χ4n) is 5.63. The Bertz CT molecular complexity index is 1550. The summed E-state index contributed by atoms with van der Waals surface area (Å²) in [6.07, 6.45) is 0.713. The third-order valence-corrected chi connectivity index (χ3v) is 7.38. The predicted octanol–water partition coefficient (Wildman–Crippen LogP) is 6.11. The summed E-state index contributed by atoms with van der Waals surface area (Å²) in [6, 6.07) is 20.1. The van der Waals surface area contributed by atoms with Crippen LogP contribution < -0.4 is 14.8 Å². The van der Waals surface area contributed by atoms with Gasteiger partial charge in [-0.25, -0.2) is 4.79 Å². The summed E-state index contributed by atoms with van der Waals surface area (Å²) in [4.78, 5) is 27.4. The number of ketones is 1. The molecular formula is C32H29F2NO6. The minimum absolute atomic E-state index is 0.0122. The van der Waals surface area contributed by atoms with E-state index in [1.807, 2.05) is 24.3 Å². The van der Waals surface area contributed by atoms with Crippen LogP contribution in [0.3, 0.4) is 0 Å². The van der Waals surface area contributed by atoms with Crippen LogP contribution in [0.4, 0.5) is 8.78 Å². The van der Waals surface area contributed by atoms with Gasteiger partial charge in [0.25, 0.3) is 0 Å². The maximum absolute atomic E-state index is 13.8. The van der Waals surface area contributed by atoms with Crippen LogP contribution >= 0.6 is 0 Å². The summed E-state index contributed by atoms with van der Waals surface area (Å²) in [5.74, 6) is -1.21. The number of dihydropyridines is 1. The second-order valence-corrected chi connectivity index (χ2v) is 9.92. The van der Waals surface area contributed by atoms with E-state index in [2.05, 4.69) is 10.1 Å². The van der Waals surface area contributed by atoms with Crippen molar-refractivity contribution in [1.82, 2.24) is 5.32 Å². The number of hydrogen-bond donors (Lipinski definition) is 2. The van der Waals surface area contributed by atoms with Crippen LogP contribution in [0.1, 0.15) is 48.3 Å². The van der Waals surface area contributed by atoms with Crippen LogP contribution in [-0.2, 0) is 20.9 Å². The van der Waals surface area contributed by atoms with Crippen LogP contribution in [0.2, 0.25) is 0 Å². The Morgan fingerprint density at radius 2 is 1.76 bits per heavy atom. The first-order valence-electron chi connectivity index (χ1n) is 13.1. The number of phenolic OH excluding ortho intramolecular Hbond substituents is 1. The van der Waals surface area contributed by atoms with Crippen molar-refractivity contribution >= 4 is 11.8 Å². The first-order valence-corrected chi connectivity index (χ1v) is 13.1. The number of hydrogen-bond acceptors (Lipinski definition) is 7. The Balaban J connectivity index is 1.49. The zero-order valence-corrected chi connectivity index (χ0v) is 22.5. The third-order valence-electron chi connectivity index (χ3n) is 7.38. The van der Waals surface area contributed by atoms with Crippen molar-refractivity contribution in [2.75, 3.05) is 7.11 Å². The molecule has 7 nitrogen and oxygen atoms in total. The van der Waals surface area contributed by atoms with E-state index in [1.165, 1.54) is 24.3 Å². The molecule has 0 radical (unpaired) electrons. The number of methoxy groups -OCH3 is 1. The number of carbonyl (C=O) groups excluding carboxylic acids is 2. The summed E-state index contributed by atoms with van der Waals surface area (Å²) >= 11 is 0. The molecule has 2 aliphatic rings. The molecule has 3 aromatic carbocycles. The lowest BCUT2D eigenvalue weighted by Gasteiger charge is -2.37. The molecule has 0 bridgehead atoms. The van der Waals surface area contributed by atoms with Crippen molar-refractivity contribution in [2.45, 2.75) is 44.8 Å². The van der Waals surface area contributed by atoms with E-state index >= 15 is 0 Å². The van der Waals surface area contributed by atoms with Crippen LogP contribution in [-0.4, -0.2) is 30.6 Å². The SMILES string of the molecule is COc1ccccc1[C@H]1CC(=O)C2=C(C1)NC(C)=C(C(=O)OCc1ccccc1OC(F)F)[C@H]2c1cccc(O)c1. The third kappa shape index (κ3) is 5.79. The standard InChI is InChI=1S/C32H29F2NO6/c1-18-28(31(38)40-17-20-8-3-5-12-26(20)41-32(33)34)29(19-9-7-10-22(36)14-19)30-24(35-18)15-21(16-25(30)37)23-11-4-6-13-27(23)39-2/h3-14,21,29,32,35-36H,15-17H2,1-2H3/t21-,29-/m1/s1. The molecule has 0 amide bonds. The number of alkyl halides is 2. The van der Waals surface area contributed by atoms with Crippen molar-refractivity contribution in [1.29, 1.82) is 0 Å². The second-order valence-electron chi connectivity index (χ2n) is 9.92. The van der Waals surface area contributed by atoms with Gasteiger partial charge < -0.3 is 24.6 Å². The van der Waals surface area contributed by atoms with Crippen LogP contribution in [0.25, 0.3) is 0 Å². The summed E-state index contributed by atoms with van der Waals surface area (Å²) in [5.41, 5.74) is 3.55. The van der Waals surface area contributed by atoms with Gasteiger partial charge in [-0.05, 0) is 48.7 Å². The van der Waals surface area contributed by atoms with Gasteiger partial charge in [0.15, 0.2) is 5.78 Å². The van der Waals surface area contributed by atoms with Crippen molar-refractivity contribution in [3.63, 3.8) is 0 Å². The molecule has 0 unspecified atom stereocenters. The van der Waals surface area contributed by atoms with Gasteiger partial charge in [-0.1, -0.05) is 48.5 Å². The smallest absolute Gasteiger partial charge is 0.387 e. The fraction of sp³-hybridized carbons (Fsp3) is 0.250. The van der Waals surface area contributed by atoms with E-state index in [-0.39, 0.29) is 47.4 Å². The molecule has 0 aromatic heterocycles. The number of benzene rings is 3. The summed E-state index contributed by atoms with van der Waals surface area (Å²) in [6.45, 7) is -1.63. The lowest BCUT2D eigenvalue weighted by atomic mass is 9.71. The first-order chi connectivity index (χ1) is 19.8. The van der Waals surface area contributed by atoms with E-state index < -0.39 is 18.5 Å². The quantitative estimate of drug-likeness (QED) is 0.321. The molecule has 0 fully saturated rings. The first kappa shape index (κ1) is 27.9. The number of carbonyl (C=O) groups is 2. The number of aromatic hydroxyl groups is 1. The number of para-hydroxylation sites is 2. The number of allylic oxidation sites excluding steroid dienone is 3. The summed E-state index contributed by atoms with van der Waals surface area (Å²) < 4.78 is 41.5. The minimum Gasteiger partial charge on any atom is -0.508 e. The molecule has 2 atom stereocenters. The van der Waals surface area contributed by atoms with Crippen molar-refractivity contribution < 1.29 is 37.7 Å². The monoisotopic (exact) mass is 561 g/mol. The number of esters is 1. The van der Waals surface area contributed by atoms with Gasteiger partial charge in [-0.3, -0.25) is 4.79 Å². The molecule has 1 aliphatic heterocycles. The molecule has 1 heterocycles. The highest BCUT2D eigenvalue weighted by atomic mass is 19.3. The predicted molar refractivity (Wildman–Crippen MR) is 147 cm³/mol. The molecule has 9 heteroatoms. The van der Waals surface area contributed by atoms with E-state index in [0.29, 0.717) is 34.7 Å². The van der Waals surface area contributed by atoms with E-state index in [9.17, 15) is 23.5 Å². The number of ether oxygens (including phenoxy) is 3. The van der Waals surface area contributed by atoms with Crippen molar-refractivity contribution in [3.05, 3.63) is 112 Å². The molecule has 2 N–H and O–H groups in total. The van der Waals surface area contributed by atoms with Crippen LogP contribution in [0.15, 0.2) is 95.3 Å². The average Bonchev–Trinajstić information content (AvgIpc) is 2.95. The van der Waals surface area contributed by atoms with Crippen LogP contribution in [0.5, 0.6) is 17.2 Å². The van der Waals surface area contributed by atoms with Gasteiger partial charge in [0.1, 0.15) is 23.9 Å². The molecule has 3 aromatic rings. The molecule has 5 rings (SSSR count). The summed E-state index contributed by atoms with van der Waals surface area (Å²) in [7, 11) is 1.59. The Kier molecular flexibility index (Phi) is 8.05. The van der Waals surface area contributed by atoms with Gasteiger partial charge >= 0.3 is 12.6 Å². The van der Waals surface area contributed by atoms with Crippen LogP contribution in [0, 0.1) is 0 Å². The molecule has 0 spiro atoms. The van der Waals surface area contributed by atoms with Gasteiger partial charge in [0.05, 0.1) is 12.7 Å². The second kappa shape index (κ2) is 11.8. The molecule has 41 heavy (non-hydrogen) atoms. The summed E-state index contributed by atoms with van der Waals surface area (Å²) in [5, 5.41) is 13.5. The molecule has 0 saturated heterocycles. The Hall–Kier alpha value is -4.66. The zero-order valence-electron chi connectivity index (χ0n) is 22.5. The molecule has 1 aliphatic carbocycles. The van der Waals surface area contributed by atoms with Gasteiger partial charge in [-0.15, -0.1) is 0 Å². The number of rotatable bonds is 8. The van der Waals surface area contributed by atoms with E-state index in [1.54, 1.807) is 38.3 Å². The number of phenols is 1. The minimum atomic E-state index is -3.03. The number of Topliss-reactive ketones (excluding diaryl/α,β-unsaturated/α-hetero) is 1. The van der Waals surface area contributed by atoms with Gasteiger partial charge in [0, 0.05) is 40.8 Å². The lowest BCUT2D eigenvalue weighted by Crippen LogP contribution is -2.36. The Morgan fingerprint density at radius 3 is 2.49 bits per heavy atom. The zero-order chi connectivity index (χ0) is 29.1. The molecular weight excluding hydrogens is 532 g/mol. The van der Waals surface area contributed by atoms with E-state index in [0.717, 1.165) is 5.56 Å². The number of halogens is 2. The topological polar surface area (TPSA) is 94.1 Å². The van der Waals surface area contributed by atoms with E-state index in [4.69, 9.17) is 9.47 Å². The highest BCUT2D eigenvalue weighted by Gasteiger charge is 2.42. The largest absolute Gasteiger partial charge is 0.508 e. The highest BCUT2D eigenvalue weighted by Crippen LogP contribution is 2.47. The van der Waals surface area contributed by atoms with Gasteiger partial charge in [-0.2, -0.15) is 8.78 Å². The lowest BCUT2D eigenvalue weighted by molar-refractivity contribution is -0.140. The Labute approximate surface area is 236 Å². The van der Waals surface area contributed by atoms with Gasteiger partial charge in [0.2, 0.25) is 0 Å². The maximum atomic E-state index is 13.8. The van der Waals surface area contributed by atoms with Crippen molar-refractivity contribution in [3.8, 4) is 17.2 Å². The maximum Gasteiger partial charge on any atom is 0.387 e. The average molecular weight is 562 g/mol. The number of nitrogens with one attached hydrogen (secondary N) is 1. The van der Waals surface area contributed by atoms with Crippen molar-refractivity contribution in [2.24, 2.45) is 0 Å². The normalized spacial score (nSPS) is 18.6. The Morgan fingerprint density at radius 1 is 1.02 bits per heavy atom. The highest BCUT2D eigenvalue weighted by molar-refractivity contribution is 6.04. The molecule has 212 valence electrons.